The zero-order chi connectivity index (χ0) is 69.8. The summed E-state index contributed by atoms with van der Waals surface area (Å²) < 4.78 is 50.2. The minimum absolute atomic E-state index is 0.590. The number of rotatable bonds is 24. The second-order valence-electron chi connectivity index (χ2n) is 24.7. The van der Waals surface area contributed by atoms with Gasteiger partial charge in [-0.05, 0) is 278 Å². The Balaban J connectivity index is 0.875. The van der Waals surface area contributed by atoms with Crippen LogP contribution in [0.5, 0.6) is 46.0 Å². The first-order valence-electron chi connectivity index (χ1n) is 33.7. The summed E-state index contributed by atoms with van der Waals surface area (Å²) in [6.07, 6.45) is 0. The molecule has 0 atom stereocenters. The lowest BCUT2D eigenvalue weighted by molar-refractivity contribution is 0.414. The molecule has 0 aliphatic rings. The average Bonchev–Trinajstić information content (AvgIpc) is 1.52. The van der Waals surface area contributed by atoms with Crippen LogP contribution in [0.2, 0.25) is 0 Å². The van der Waals surface area contributed by atoms with Crippen LogP contribution in [0, 0.1) is 0 Å². The van der Waals surface area contributed by atoms with Crippen LogP contribution < -0.4 is 57.5 Å². The Kier molecular flexibility index (Phi) is 18.2. The summed E-state index contributed by atoms with van der Waals surface area (Å²) in [6.45, 7) is 1.18. The van der Waals surface area contributed by atoms with E-state index in [2.05, 4.69) is 223 Å². The van der Waals surface area contributed by atoms with Crippen molar-refractivity contribution in [2.24, 2.45) is 0 Å². The highest BCUT2D eigenvalue weighted by molar-refractivity contribution is 6.12. The number of fused-ring (bicyclic) bond motifs is 6. The number of aromatic nitrogens is 2. The smallest absolute Gasteiger partial charge is 0.119 e. The zero-order valence-corrected chi connectivity index (χ0v) is 58.1. The van der Waals surface area contributed by atoms with Crippen LogP contribution >= 0.6 is 0 Å². The van der Waals surface area contributed by atoms with Crippen molar-refractivity contribution in [2.45, 2.75) is 13.1 Å². The molecule has 0 aliphatic carbocycles. The Morgan fingerprint density at radius 1 is 0.196 bits per heavy atom. The molecule has 2 aromatic heterocycles. The lowest BCUT2D eigenvalue weighted by Gasteiger charge is -2.26. The van der Waals surface area contributed by atoms with Crippen molar-refractivity contribution in [1.82, 2.24) is 9.13 Å². The third kappa shape index (κ3) is 12.7. The molecule has 0 N–H and O–H groups in total. The Labute approximate surface area is 593 Å². The van der Waals surface area contributed by atoms with E-state index < -0.39 is 0 Å². The predicted molar refractivity (Wildman–Crippen MR) is 415 cm³/mol. The number of hydrogen-bond acceptors (Lipinski definition) is 12. The number of nitrogens with zero attached hydrogens (tertiary/aromatic N) is 6. The van der Waals surface area contributed by atoms with Crippen LogP contribution in [0.1, 0.15) is 11.1 Å². The Morgan fingerprint density at radius 2 is 0.363 bits per heavy atom. The molecule has 15 aromatic rings. The minimum Gasteiger partial charge on any atom is -0.497 e. The number of ether oxygens (including phenoxy) is 8. The highest BCUT2D eigenvalue weighted by Gasteiger charge is 2.24. The van der Waals surface area contributed by atoms with Gasteiger partial charge in [-0.3, -0.25) is 0 Å². The van der Waals surface area contributed by atoms with E-state index in [1.807, 2.05) is 97.1 Å². The van der Waals surface area contributed by atoms with Crippen LogP contribution in [-0.2, 0) is 13.1 Å². The molecule has 15 rings (SSSR count). The fourth-order valence-corrected chi connectivity index (χ4v) is 13.9. The van der Waals surface area contributed by atoms with E-state index in [0.29, 0.717) is 13.1 Å². The van der Waals surface area contributed by atoms with Crippen molar-refractivity contribution in [3.05, 3.63) is 302 Å². The quantitative estimate of drug-likeness (QED) is 0.0576. The van der Waals surface area contributed by atoms with Gasteiger partial charge < -0.3 is 66.6 Å². The van der Waals surface area contributed by atoms with E-state index in [9.17, 15) is 0 Å². The van der Waals surface area contributed by atoms with Gasteiger partial charge in [0.05, 0.1) is 56.9 Å². The van der Waals surface area contributed by atoms with Crippen LogP contribution in [0.3, 0.4) is 0 Å². The van der Waals surface area contributed by atoms with Crippen molar-refractivity contribution in [3.8, 4) is 46.0 Å². The summed E-state index contributed by atoms with van der Waals surface area (Å²) in [5.41, 5.74) is 18.4. The first kappa shape index (κ1) is 65.0. The van der Waals surface area contributed by atoms with Gasteiger partial charge in [-0.1, -0.05) is 24.3 Å². The second-order valence-corrected chi connectivity index (χ2v) is 24.7. The third-order valence-corrected chi connectivity index (χ3v) is 19.0. The second kappa shape index (κ2) is 28.5. The van der Waals surface area contributed by atoms with Gasteiger partial charge in [-0.15, -0.1) is 0 Å². The number of anilines is 12. The maximum Gasteiger partial charge on any atom is 0.119 e. The largest absolute Gasteiger partial charge is 0.497 e. The molecule has 0 spiro atoms. The van der Waals surface area contributed by atoms with Crippen molar-refractivity contribution < 1.29 is 37.9 Å². The van der Waals surface area contributed by atoms with Gasteiger partial charge in [0.15, 0.2) is 0 Å². The molecule has 14 heteroatoms. The highest BCUT2D eigenvalue weighted by atomic mass is 16.5. The lowest BCUT2D eigenvalue weighted by Crippen LogP contribution is -2.10. The molecule has 0 unspecified atom stereocenters. The molecule has 102 heavy (non-hydrogen) atoms. The van der Waals surface area contributed by atoms with Gasteiger partial charge in [0.25, 0.3) is 0 Å². The fraction of sp³-hybridized carbons (Fsp3) is 0.114. The standard InChI is InChI=1S/C88H76N6O8/c1-95-73-32-12-61(13-33-73)91(62-14-34-74(96-2)35-15-62)69-28-48-85-81(53-69)82-54-70(92(63-16-36-75(97-3)37-17-63)64-18-38-76(98-4)39-19-64)29-49-86(82)89(85)57-59-10-9-11-60(52-59)58-90-87-50-30-71(93(65-20-40-77(99-5)41-21-65)66-22-42-78(100-6)43-23-66)55-83(87)84-56-72(31-51-88(84)90)94(67-24-44-79(101-7)45-25-67)68-26-46-80(102-8)47-27-68/h9-56H,57-58H2,1-8H3. The van der Waals surface area contributed by atoms with Gasteiger partial charge in [0.2, 0.25) is 0 Å². The molecule has 0 bridgehead atoms. The fourth-order valence-electron chi connectivity index (χ4n) is 13.9. The Morgan fingerprint density at radius 3 is 0.529 bits per heavy atom. The molecule has 0 fully saturated rings. The van der Waals surface area contributed by atoms with E-state index in [4.69, 9.17) is 37.9 Å². The van der Waals surface area contributed by atoms with Crippen molar-refractivity contribution >= 4 is 112 Å². The monoisotopic (exact) mass is 1340 g/mol. The van der Waals surface area contributed by atoms with Gasteiger partial charge in [0, 0.05) is 125 Å². The zero-order valence-electron chi connectivity index (χ0n) is 58.1. The van der Waals surface area contributed by atoms with Gasteiger partial charge in [0.1, 0.15) is 46.0 Å². The summed E-state index contributed by atoms with van der Waals surface area (Å²) in [7, 11) is 13.5. The first-order chi connectivity index (χ1) is 50.1. The summed E-state index contributed by atoms with van der Waals surface area (Å²) in [4.78, 5) is 9.12. The normalized spacial score (nSPS) is 11.2. The van der Waals surface area contributed by atoms with E-state index in [1.54, 1.807) is 56.9 Å². The predicted octanol–water partition coefficient (Wildman–Crippen LogP) is 21.9. The van der Waals surface area contributed by atoms with Crippen molar-refractivity contribution in [2.75, 3.05) is 76.5 Å². The molecule has 0 aliphatic heterocycles. The van der Waals surface area contributed by atoms with Crippen LogP contribution in [-0.4, -0.2) is 66.0 Å². The van der Waals surface area contributed by atoms with Crippen LogP contribution in [0.15, 0.2) is 291 Å². The molecule has 13 aromatic carbocycles. The van der Waals surface area contributed by atoms with Crippen molar-refractivity contribution in [1.29, 1.82) is 0 Å². The summed E-state index contributed by atoms with van der Waals surface area (Å²) in [6, 6.07) is 102. The molecule has 0 saturated heterocycles. The van der Waals surface area contributed by atoms with Gasteiger partial charge in [-0.2, -0.15) is 0 Å². The average molecular weight is 1350 g/mol. The highest BCUT2D eigenvalue weighted by Crippen LogP contribution is 2.47. The number of hydrogen-bond donors (Lipinski definition) is 0. The summed E-state index contributed by atoms with van der Waals surface area (Å²) in [5.74, 6) is 6.21. The van der Waals surface area contributed by atoms with E-state index >= 15 is 0 Å². The van der Waals surface area contributed by atoms with E-state index in [-0.39, 0.29) is 0 Å². The summed E-state index contributed by atoms with van der Waals surface area (Å²) >= 11 is 0. The first-order valence-corrected chi connectivity index (χ1v) is 33.7. The van der Waals surface area contributed by atoms with Crippen LogP contribution in [0.4, 0.5) is 68.2 Å². The number of methoxy groups -OCH3 is 8. The molecule has 2 heterocycles. The molecule has 0 saturated carbocycles. The van der Waals surface area contributed by atoms with Crippen molar-refractivity contribution in [3.63, 3.8) is 0 Å². The topological polar surface area (TPSA) is 96.7 Å². The molecule has 0 radical (unpaired) electrons. The number of benzene rings is 13. The maximum atomic E-state index is 5.66. The van der Waals surface area contributed by atoms with E-state index in [1.165, 1.54) is 0 Å². The molecular weight excluding hydrogens is 1270 g/mol. The maximum absolute atomic E-state index is 5.66. The lowest BCUT2D eigenvalue weighted by atomic mass is 10.1. The van der Waals surface area contributed by atoms with E-state index in [0.717, 1.165) is 169 Å². The third-order valence-electron chi connectivity index (χ3n) is 19.0. The molecule has 14 nitrogen and oxygen atoms in total. The summed E-state index contributed by atoms with van der Waals surface area (Å²) in [5, 5.41) is 4.37. The van der Waals surface area contributed by atoms with Gasteiger partial charge in [-0.25, -0.2) is 0 Å². The molecular formula is C88H76N6O8. The van der Waals surface area contributed by atoms with Gasteiger partial charge >= 0.3 is 0 Å². The minimum atomic E-state index is 0.590. The Hall–Kier alpha value is -12.9. The Bertz CT molecular complexity index is 4590. The molecule has 506 valence electrons. The van der Waals surface area contributed by atoms with Crippen LogP contribution in [0.25, 0.3) is 43.6 Å². The molecule has 0 amide bonds. The SMILES string of the molecule is COc1ccc(N(c2ccc(OC)cc2)c2ccc3c(c2)c2cc(N(c4ccc(OC)cc4)c4ccc(OC)cc4)ccc2n3Cc2cccc(Cn3c4ccc(N(c5ccc(OC)cc5)c5ccc(OC)cc5)cc4c4cc(N(c5ccc(OC)cc5)c5ccc(OC)cc5)ccc43)c2)cc1.